The number of unbranched alkanes of at least 4 members (excludes halogenated alkanes) is 7. The van der Waals surface area contributed by atoms with Crippen LogP contribution >= 0.6 is 0 Å². The van der Waals surface area contributed by atoms with Crippen LogP contribution in [0.15, 0.2) is 60.7 Å². The van der Waals surface area contributed by atoms with E-state index < -0.39 is 5.97 Å². The molecule has 2 rings (SSSR count). The maximum absolute atomic E-state index is 10.2. The zero-order valence-electron chi connectivity index (χ0n) is 15.5. The van der Waals surface area contributed by atoms with Crippen LogP contribution in [0.4, 0.5) is 0 Å². The van der Waals surface area contributed by atoms with E-state index in [1.165, 1.54) is 63.4 Å². The van der Waals surface area contributed by atoms with Crippen molar-refractivity contribution in [3.63, 3.8) is 0 Å². The largest absolute Gasteiger partial charge is 0.478 e. The lowest BCUT2D eigenvalue weighted by molar-refractivity contribution is 0.0697. The number of aryl methyl sites for hydroxylation is 1. The Kier molecular flexibility index (Phi) is 12.0. The number of carboxylic acids is 1. The van der Waals surface area contributed by atoms with Crippen LogP contribution in [-0.4, -0.2) is 11.1 Å². The monoisotopic (exact) mass is 340 g/mol. The molecule has 0 fully saturated rings. The molecule has 0 aliphatic heterocycles. The van der Waals surface area contributed by atoms with Crippen molar-refractivity contribution in [2.45, 2.75) is 64.7 Å². The first-order valence-corrected chi connectivity index (χ1v) is 9.56. The van der Waals surface area contributed by atoms with E-state index in [-0.39, 0.29) is 0 Å². The van der Waals surface area contributed by atoms with Crippen molar-refractivity contribution in [2.24, 2.45) is 0 Å². The molecule has 0 heterocycles. The van der Waals surface area contributed by atoms with E-state index >= 15 is 0 Å². The summed E-state index contributed by atoms with van der Waals surface area (Å²) in [4.78, 5) is 10.2. The molecule has 1 N–H and O–H groups in total. The topological polar surface area (TPSA) is 37.3 Å². The second-order valence-corrected chi connectivity index (χ2v) is 6.38. The van der Waals surface area contributed by atoms with Crippen LogP contribution in [-0.2, 0) is 6.42 Å². The summed E-state index contributed by atoms with van der Waals surface area (Å²) in [6.07, 6.45) is 12.5. The fourth-order valence-corrected chi connectivity index (χ4v) is 2.69. The van der Waals surface area contributed by atoms with Crippen LogP contribution in [0, 0.1) is 0 Å². The van der Waals surface area contributed by atoms with Crippen molar-refractivity contribution < 1.29 is 9.90 Å². The van der Waals surface area contributed by atoms with Gasteiger partial charge in [0.05, 0.1) is 5.56 Å². The van der Waals surface area contributed by atoms with Gasteiger partial charge < -0.3 is 5.11 Å². The molecule has 2 nitrogen and oxygen atoms in total. The zero-order chi connectivity index (χ0) is 18.2. The van der Waals surface area contributed by atoms with E-state index in [4.69, 9.17) is 5.11 Å². The summed E-state index contributed by atoms with van der Waals surface area (Å²) in [5, 5.41) is 8.38. The molecular weight excluding hydrogens is 308 g/mol. The molecule has 0 spiro atoms. The molecule has 0 unspecified atom stereocenters. The van der Waals surface area contributed by atoms with Gasteiger partial charge in [0.2, 0.25) is 0 Å². The van der Waals surface area contributed by atoms with Crippen LogP contribution in [0.3, 0.4) is 0 Å². The third kappa shape index (κ3) is 11.1. The van der Waals surface area contributed by atoms with Gasteiger partial charge in [-0.05, 0) is 30.5 Å². The smallest absolute Gasteiger partial charge is 0.335 e. The first-order chi connectivity index (χ1) is 12.2. The van der Waals surface area contributed by atoms with Crippen molar-refractivity contribution in [1.29, 1.82) is 0 Å². The van der Waals surface area contributed by atoms with E-state index in [0.29, 0.717) is 5.56 Å². The molecule has 136 valence electrons. The molecule has 0 amide bonds. The Bertz CT molecular complexity index is 549. The second kappa shape index (κ2) is 14.3. The summed E-state index contributed by atoms with van der Waals surface area (Å²) in [5.74, 6) is -0.879. The Hall–Kier alpha value is -2.09. The van der Waals surface area contributed by atoms with E-state index in [0.717, 1.165) is 0 Å². The normalized spacial score (nSPS) is 9.96. The Morgan fingerprint density at radius 2 is 1.20 bits per heavy atom. The lowest BCUT2D eigenvalue weighted by Gasteiger charge is -2.02. The SMILES string of the molecule is CCCCCCCCCCc1ccccc1.O=C(O)c1ccccc1. The average Bonchev–Trinajstić information content (AvgIpc) is 2.66. The molecule has 2 aromatic carbocycles. The third-order valence-corrected chi connectivity index (χ3v) is 4.18. The highest BCUT2D eigenvalue weighted by Gasteiger charge is 1.96. The van der Waals surface area contributed by atoms with E-state index in [2.05, 4.69) is 37.3 Å². The van der Waals surface area contributed by atoms with Crippen molar-refractivity contribution >= 4 is 5.97 Å². The molecule has 0 saturated carbocycles. The number of aromatic carboxylic acids is 1. The maximum atomic E-state index is 10.2. The Labute approximate surface area is 152 Å². The number of hydrogen-bond acceptors (Lipinski definition) is 1. The van der Waals surface area contributed by atoms with Crippen molar-refractivity contribution in [1.82, 2.24) is 0 Å². The summed E-state index contributed by atoms with van der Waals surface area (Å²) < 4.78 is 0. The number of rotatable bonds is 10. The average molecular weight is 341 g/mol. The Morgan fingerprint density at radius 1 is 0.720 bits per heavy atom. The van der Waals surface area contributed by atoms with E-state index in [9.17, 15) is 4.79 Å². The highest BCUT2D eigenvalue weighted by molar-refractivity contribution is 5.87. The van der Waals surface area contributed by atoms with Gasteiger partial charge in [-0.2, -0.15) is 0 Å². The highest BCUT2D eigenvalue weighted by Crippen LogP contribution is 2.11. The molecule has 0 radical (unpaired) electrons. The van der Waals surface area contributed by atoms with Crippen LogP contribution in [0.2, 0.25) is 0 Å². The molecule has 25 heavy (non-hydrogen) atoms. The van der Waals surface area contributed by atoms with Gasteiger partial charge >= 0.3 is 5.97 Å². The standard InChI is InChI=1S/C16H26.C7H6O2/c1-2-3-4-5-6-7-8-10-13-16-14-11-9-12-15-16;8-7(9)6-4-2-1-3-5-6/h9,11-12,14-15H,2-8,10,13H2,1H3;1-5H,(H,8,9). The van der Waals surface area contributed by atoms with Gasteiger partial charge in [-0.15, -0.1) is 0 Å². The fourth-order valence-electron chi connectivity index (χ4n) is 2.69. The van der Waals surface area contributed by atoms with Gasteiger partial charge in [0.15, 0.2) is 0 Å². The number of benzene rings is 2. The summed E-state index contributed by atoms with van der Waals surface area (Å²) >= 11 is 0. The minimum atomic E-state index is -0.879. The summed E-state index contributed by atoms with van der Waals surface area (Å²) in [6, 6.07) is 19.1. The van der Waals surface area contributed by atoms with E-state index in [1.807, 2.05) is 0 Å². The predicted molar refractivity (Wildman–Crippen MR) is 106 cm³/mol. The number of carboxylic acid groups (broad SMARTS) is 1. The lowest BCUT2D eigenvalue weighted by Crippen LogP contribution is -1.93. The van der Waals surface area contributed by atoms with Gasteiger partial charge in [0, 0.05) is 0 Å². The van der Waals surface area contributed by atoms with Crippen LogP contribution in [0.25, 0.3) is 0 Å². The van der Waals surface area contributed by atoms with Crippen molar-refractivity contribution in [2.75, 3.05) is 0 Å². The Balaban J connectivity index is 0.000000293. The third-order valence-electron chi connectivity index (χ3n) is 4.18. The summed E-state index contributed by atoms with van der Waals surface area (Å²) in [6.45, 7) is 2.28. The molecule has 0 saturated heterocycles. The molecule has 0 aliphatic carbocycles. The van der Waals surface area contributed by atoms with Gasteiger partial charge in [0.25, 0.3) is 0 Å². The molecule has 2 aromatic rings. The number of carbonyl (C=O) groups is 1. The Morgan fingerprint density at radius 3 is 1.68 bits per heavy atom. The van der Waals surface area contributed by atoms with Crippen LogP contribution in [0.5, 0.6) is 0 Å². The quantitative estimate of drug-likeness (QED) is 0.485. The minimum Gasteiger partial charge on any atom is -0.478 e. The summed E-state index contributed by atoms with van der Waals surface area (Å²) in [5.41, 5.74) is 1.82. The van der Waals surface area contributed by atoms with Crippen LogP contribution in [0.1, 0.15) is 74.2 Å². The molecule has 0 aliphatic rings. The maximum Gasteiger partial charge on any atom is 0.335 e. The molecule has 0 bridgehead atoms. The van der Waals surface area contributed by atoms with Crippen LogP contribution < -0.4 is 0 Å². The summed E-state index contributed by atoms with van der Waals surface area (Å²) in [7, 11) is 0. The first-order valence-electron chi connectivity index (χ1n) is 9.56. The lowest BCUT2D eigenvalue weighted by atomic mass is 10.0. The van der Waals surface area contributed by atoms with Gasteiger partial charge in [-0.25, -0.2) is 4.79 Å². The second-order valence-electron chi connectivity index (χ2n) is 6.38. The van der Waals surface area contributed by atoms with Crippen molar-refractivity contribution in [3.05, 3.63) is 71.8 Å². The molecule has 0 aromatic heterocycles. The minimum absolute atomic E-state index is 0.331. The van der Waals surface area contributed by atoms with Gasteiger partial charge in [0.1, 0.15) is 0 Å². The fraction of sp³-hybridized carbons (Fsp3) is 0.435. The highest BCUT2D eigenvalue weighted by atomic mass is 16.4. The van der Waals surface area contributed by atoms with Gasteiger partial charge in [-0.3, -0.25) is 0 Å². The van der Waals surface area contributed by atoms with Gasteiger partial charge in [-0.1, -0.05) is 100 Å². The predicted octanol–water partition coefficient (Wildman–Crippen LogP) is 6.75. The van der Waals surface area contributed by atoms with E-state index in [1.54, 1.807) is 30.3 Å². The molecular formula is C23H32O2. The first kappa shape index (κ1) is 21.0. The van der Waals surface area contributed by atoms with Crippen molar-refractivity contribution in [3.8, 4) is 0 Å². The molecule has 0 atom stereocenters. The zero-order valence-corrected chi connectivity index (χ0v) is 15.5. The number of hydrogen-bond donors (Lipinski definition) is 1. The molecule has 2 heteroatoms.